The molecule has 4 heteroatoms. The van der Waals surface area contributed by atoms with Gasteiger partial charge in [-0.15, -0.1) is 0 Å². The molecule has 0 rings (SSSR count). The monoisotopic (exact) mass is 207 g/mol. The number of hydrogen-bond donors (Lipinski definition) is 0. The molecule has 0 amide bonds. The molecule has 48 valence electrons. The molecule has 0 fully saturated rings. The first-order chi connectivity index (χ1) is 3.06. The molecule has 0 aliphatic carbocycles. The van der Waals surface area contributed by atoms with E-state index in [1.807, 2.05) is 0 Å². The van der Waals surface area contributed by atoms with Gasteiger partial charge in [0, 0.05) is 21.7 Å². The van der Waals surface area contributed by atoms with Crippen LogP contribution in [0, 0.1) is 6.92 Å². The van der Waals surface area contributed by atoms with Gasteiger partial charge >= 0.3 is 0 Å². The van der Waals surface area contributed by atoms with E-state index < -0.39 is 3.79 Å². The van der Waals surface area contributed by atoms with Gasteiger partial charge in [0.25, 0.3) is 0 Å². The van der Waals surface area contributed by atoms with Crippen molar-refractivity contribution in [2.45, 2.75) is 16.6 Å². The molecule has 0 unspecified atom stereocenters. The summed E-state index contributed by atoms with van der Waals surface area (Å²) in [4.78, 5) is 0. The minimum atomic E-state index is -1.10. The molecule has 0 heterocycles. The molecule has 0 atom stereocenters. The van der Waals surface area contributed by atoms with Gasteiger partial charge < -0.3 is 6.92 Å². The van der Waals surface area contributed by atoms with Crippen molar-refractivity contribution in [3.05, 3.63) is 6.92 Å². The van der Waals surface area contributed by atoms with Gasteiger partial charge in [-0.05, 0) is 6.42 Å². The van der Waals surface area contributed by atoms with E-state index in [4.69, 9.17) is 34.8 Å². The van der Waals surface area contributed by atoms with Crippen molar-refractivity contribution in [3.8, 4) is 0 Å². The Morgan fingerprint density at radius 3 is 1.62 bits per heavy atom. The van der Waals surface area contributed by atoms with Crippen molar-refractivity contribution >= 4 is 34.8 Å². The standard InChI is InChI=1S/C4H6Cl3.Ti/c1-2-3-4(5,6)7;/h1-3H2;/q-1;. The van der Waals surface area contributed by atoms with E-state index in [9.17, 15) is 0 Å². The molecular weight excluding hydrogens is 202 g/mol. The molecule has 0 spiro atoms. The maximum Gasteiger partial charge on any atom is 0.188 e. The molecule has 0 aliphatic rings. The van der Waals surface area contributed by atoms with Crippen LogP contribution in [0.2, 0.25) is 0 Å². The summed E-state index contributed by atoms with van der Waals surface area (Å²) in [7, 11) is 0. The van der Waals surface area contributed by atoms with Crippen LogP contribution >= 0.6 is 34.8 Å². The van der Waals surface area contributed by atoms with Gasteiger partial charge in [-0.25, -0.2) is 0 Å². The van der Waals surface area contributed by atoms with Crippen LogP contribution in [0.3, 0.4) is 0 Å². The number of halogens is 3. The Hall–Kier alpha value is 1.58. The van der Waals surface area contributed by atoms with Crippen molar-refractivity contribution in [2.75, 3.05) is 0 Å². The molecule has 0 aliphatic heterocycles. The number of alkyl halides is 3. The van der Waals surface area contributed by atoms with E-state index in [-0.39, 0.29) is 21.7 Å². The normalized spacial score (nSPS) is 10.5. The van der Waals surface area contributed by atoms with Crippen LogP contribution in [-0.4, -0.2) is 3.79 Å². The van der Waals surface area contributed by atoms with Gasteiger partial charge in [0.2, 0.25) is 0 Å². The van der Waals surface area contributed by atoms with Crippen LogP contribution in [0.1, 0.15) is 12.8 Å². The molecule has 0 radical (unpaired) electrons. The van der Waals surface area contributed by atoms with Crippen LogP contribution in [-0.2, 0) is 21.7 Å². The predicted molar refractivity (Wildman–Crippen MR) is 34.9 cm³/mol. The zero-order valence-corrected chi connectivity index (χ0v) is 8.08. The van der Waals surface area contributed by atoms with Crippen LogP contribution in [0.4, 0.5) is 0 Å². The molecule has 0 nitrogen and oxygen atoms in total. The summed E-state index contributed by atoms with van der Waals surface area (Å²) in [5.41, 5.74) is 0. The van der Waals surface area contributed by atoms with Crippen LogP contribution in [0.15, 0.2) is 0 Å². The fourth-order valence-electron chi connectivity index (χ4n) is 0.200. The summed E-state index contributed by atoms with van der Waals surface area (Å²) in [5, 5.41) is 0. The molecule has 0 saturated heterocycles. The molecular formula is C4H6Cl3Ti-. The van der Waals surface area contributed by atoms with E-state index in [2.05, 4.69) is 6.92 Å². The predicted octanol–water partition coefficient (Wildman–Crippen LogP) is 2.97. The smallest absolute Gasteiger partial charge is 0.188 e. The Kier molecular flexibility index (Phi) is 8.25. The fraction of sp³-hybridized carbons (Fsp3) is 0.750. The Labute approximate surface area is 79.8 Å². The summed E-state index contributed by atoms with van der Waals surface area (Å²) in [6.45, 7) is 3.52. The maximum atomic E-state index is 5.32. The average molecular weight is 208 g/mol. The second-order valence-electron chi connectivity index (χ2n) is 1.22. The summed E-state index contributed by atoms with van der Waals surface area (Å²) in [6.07, 6.45) is 1.19. The van der Waals surface area contributed by atoms with Gasteiger partial charge in [-0.1, -0.05) is 34.8 Å². The molecule has 0 bridgehead atoms. The van der Waals surface area contributed by atoms with Gasteiger partial charge in [0.05, 0.1) is 0 Å². The first-order valence-corrected chi connectivity index (χ1v) is 3.05. The van der Waals surface area contributed by atoms with Gasteiger partial charge in [0.15, 0.2) is 3.79 Å². The van der Waals surface area contributed by atoms with Gasteiger partial charge in [-0.3, -0.25) is 0 Å². The average Bonchev–Trinajstić information content (AvgIpc) is 1.30. The van der Waals surface area contributed by atoms with Crippen molar-refractivity contribution < 1.29 is 21.7 Å². The van der Waals surface area contributed by atoms with Gasteiger partial charge in [0.1, 0.15) is 0 Å². The molecule has 0 saturated carbocycles. The van der Waals surface area contributed by atoms with Crippen molar-refractivity contribution in [3.63, 3.8) is 0 Å². The first-order valence-electron chi connectivity index (χ1n) is 1.92. The van der Waals surface area contributed by atoms with Crippen LogP contribution < -0.4 is 0 Å². The zero-order valence-electron chi connectivity index (χ0n) is 4.26. The topological polar surface area (TPSA) is 0 Å². The summed E-state index contributed by atoms with van der Waals surface area (Å²) in [5.74, 6) is 0. The third kappa shape index (κ3) is 10.5. The van der Waals surface area contributed by atoms with E-state index in [0.717, 1.165) is 0 Å². The third-order valence-electron chi connectivity index (χ3n) is 0.460. The van der Waals surface area contributed by atoms with Crippen molar-refractivity contribution in [2.24, 2.45) is 0 Å². The molecule has 8 heavy (non-hydrogen) atoms. The Balaban J connectivity index is 0. The minimum Gasteiger partial charge on any atom is -0.343 e. The van der Waals surface area contributed by atoms with E-state index >= 15 is 0 Å². The van der Waals surface area contributed by atoms with Crippen LogP contribution in [0.25, 0.3) is 0 Å². The van der Waals surface area contributed by atoms with E-state index in [1.165, 1.54) is 0 Å². The Morgan fingerprint density at radius 2 is 1.62 bits per heavy atom. The van der Waals surface area contributed by atoms with Crippen LogP contribution in [0.5, 0.6) is 0 Å². The fourth-order valence-corrected chi connectivity index (χ4v) is 0.601. The first kappa shape index (κ1) is 12.3. The number of hydrogen-bond acceptors (Lipinski definition) is 0. The third-order valence-corrected chi connectivity index (χ3v) is 1.03. The SMILES string of the molecule is [CH2-]CCC(Cl)(Cl)Cl.[Ti]. The maximum absolute atomic E-state index is 5.32. The molecule has 0 N–H and O–H groups in total. The molecule has 0 aromatic rings. The number of rotatable bonds is 1. The molecule has 0 aromatic carbocycles. The van der Waals surface area contributed by atoms with Crippen molar-refractivity contribution in [1.82, 2.24) is 0 Å². The molecule has 0 aromatic heterocycles. The Morgan fingerprint density at radius 1 is 1.25 bits per heavy atom. The minimum absolute atomic E-state index is 0. The van der Waals surface area contributed by atoms with Crippen molar-refractivity contribution in [1.29, 1.82) is 0 Å². The van der Waals surface area contributed by atoms with Gasteiger partial charge in [-0.2, -0.15) is 6.42 Å². The summed E-state index contributed by atoms with van der Waals surface area (Å²) in [6, 6.07) is 0. The second-order valence-corrected chi connectivity index (χ2v) is 3.73. The summed E-state index contributed by atoms with van der Waals surface area (Å²) >= 11 is 16.0. The quantitative estimate of drug-likeness (QED) is 0.353. The Bertz CT molecular complexity index is 49.7. The van der Waals surface area contributed by atoms with E-state index in [1.54, 1.807) is 0 Å². The largest absolute Gasteiger partial charge is 0.343 e. The zero-order chi connectivity index (χ0) is 5.91. The summed E-state index contributed by atoms with van der Waals surface area (Å²) < 4.78 is -1.10. The van der Waals surface area contributed by atoms with E-state index in [0.29, 0.717) is 12.8 Å². The second kappa shape index (κ2) is 5.38.